The summed E-state index contributed by atoms with van der Waals surface area (Å²) in [4.78, 5) is 2.45. The quantitative estimate of drug-likeness (QED) is 0.451. The highest BCUT2D eigenvalue weighted by Crippen LogP contribution is 2.06. The van der Waals surface area contributed by atoms with E-state index in [-0.39, 0.29) is 0 Å². The molecule has 0 aliphatic rings. The molecule has 0 aromatic heterocycles. The molecule has 0 spiro atoms. The topological polar surface area (TPSA) is 12.5 Å². The van der Waals surface area contributed by atoms with Crippen molar-refractivity contribution in [1.82, 2.24) is 4.90 Å². The first kappa shape index (κ1) is 14.2. The Kier molecular flexibility index (Phi) is 8.11. The van der Waals surface area contributed by atoms with E-state index in [1.165, 1.54) is 13.0 Å². The molecule has 0 aromatic carbocycles. The highest BCUT2D eigenvalue weighted by molar-refractivity contribution is 5.16. The summed E-state index contributed by atoms with van der Waals surface area (Å²) in [5, 5.41) is 0. The molecule has 0 N–H and O–H groups in total. The fraction of sp³-hybridized carbons (Fsp3) is 0.692. The van der Waals surface area contributed by atoms with Crippen LogP contribution >= 0.6 is 0 Å². The van der Waals surface area contributed by atoms with E-state index in [9.17, 15) is 0 Å². The molecule has 0 amide bonds. The average Bonchev–Trinajstić information content (AvgIpc) is 2.23. The molecule has 0 fully saturated rings. The second-order valence-corrected chi connectivity index (χ2v) is 3.80. The summed E-state index contributed by atoms with van der Waals surface area (Å²) in [5.41, 5.74) is 1.14. The van der Waals surface area contributed by atoms with Gasteiger partial charge in [-0.1, -0.05) is 26.0 Å². The number of nitrogens with zero attached hydrogens (tertiary/aromatic N) is 1. The molecule has 0 atom stereocenters. The van der Waals surface area contributed by atoms with Crippen molar-refractivity contribution in [3.8, 4) is 0 Å². The van der Waals surface area contributed by atoms with Gasteiger partial charge in [0.25, 0.3) is 0 Å². The van der Waals surface area contributed by atoms with Crippen molar-refractivity contribution in [3.05, 3.63) is 24.0 Å². The van der Waals surface area contributed by atoms with Crippen LogP contribution in [0.2, 0.25) is 0 Å². The Labute approximate surface area is 94.6 Å². The van der Waals surface area contributed by atoms with Crippen LogP contribution in [0.3, 0.4) is 0 Å². The van der Waals surface area contributed by atoms with E-state index in [0.717, 1.165) is 30.8 Å². The minimum Gasteiger partial charge on any atom is -0.501 e. The predicted octanol–water partition coefficient (Wildman–Crippen LogP) is 3.21. The van der Waals surface area contributed by atoms with Crippen LogP contribution in [0.1, 0.15) is 33.6 Å². The van der Waals surface area contributed by atoms with Crippen LogP contribution in [0.15, 0.2) is 24.0 Å². The Balaban J connectivity index is 3.87. The SMILES string of the molecule is C=C(C=C(C)OC)CCN(CC)CCC. The molecule has 2 nitrogen and oxygen atoms in total. The lowest BCUT2D eigenvalue weighted by Crippen LogP contribution is -2.25. The minimum atomic E-state index is 0.929. The Morgan fingerprint density at radius 2 is 2.00 bits per heavy atom. The third kappa shape index (κ3) is 7.20. The van der Waals surface area contributed by atoms with E-state index in [1.54, 1.807) is 7.11 Å². The first-order valence-electron chi connectivity index (χ1n) is 5.76. The van der Waals surface area contributed by atoms with Gasteiger partial charge in [-0.2, -0.15) is 0 Å². The van der Waals surface area contributed by atoms with Gasteiger partial charge in [-0.3, -0.25) is 0 Å². The van der Waals surface area contributed by atoms with Gasteiger partial charge in [0.05, 0.1) is 12.9 Å². The van der Waals surface area contributed by atoms with Gasteiger partial charge in [-0.25, -0.2) is 0 Å². The van der Waals surface area contributed by atoms with Gasteiger partial charge in [0.15, 0.2) is 0 Å². The molecular formula is C13H25NO. The van der Waals surface area contributed by atoms with Gasteiger partial charge in [0, 0.05) is 6.54 Å². The van der Waals surface area contributed by atoms with Crippen molar-refractivity contribution >= 4 is 0 Å². The first-order valence-corrected chi connectivity index (χ1v) is 5.76. The highest BCUT2D eigenvalue weighted by atomic mass is 16.5. The maximum atomic E-state index is 5.09. The van der Waals surface area contributed by atoms with Gasteiger partial charge in [0.2, 0.25) is 0 Å². The molecular weight excluding hydrogens is 186 g/mol. The Bertz CT molecular complexity index is 209. The molecule has 15 heavy (non-hydrogen) atoms. The van der Waals surface area contributed by atoms with Crippen LogP contribution in [0.4, 0.5) is 0 Å². The lowest BCUT2D eigenvalue weighted by molar-refractivity contribution is 0.288. The average molecular weight is 211 g/mol. The van der Waals surface area contributed by atoms with Crippen LogP contribution in [-0.2, 0) is 4.74 Å². The van der Waals surface area contributed by atoms with Gasteiger partial charge in [-0.05, 0) is 38.9 Å². The van der Waals surface area contributed by atoms with Gasteiger partial charge >= 0.3 is 0 Å². The summed E-state index contributed by atoms with van der Waals surface area (Å²) in [6, 6.07) is 0. The summed E-state index contributed by atoms with van der Waals surface area (Å²) >= 11 is 0. The highest BCUT2D eigenvalue weighted by Gasteiger charge is 2.01. The fourth-order valence-corrected chi connectivity index (χ4v) is 1.46. The van der Waals surface area contributed by atoms with Crippen LogP contribution in [-0.4, -0.2) is 31.6 Å². The van der Waals surface area contributed by atoms with Gasteiger partial charge < -0.3 is 9.64 Å². The molecule has 2 heteroatoms. The second-order valence-electron chi connectivity index (χ2n) is 3.80. The molecule has 0 aliphatic carbocycles. The van der Waals surface area contributed by atoms with Crippen molar-refractivity contribution in [2.45, 2.75) is 33.6 Å². The molecule has 0 saturated carbocycles. The third-order valence-corrected chi connectivity index (χ3v) is 2.47. The van der Waals surface area contributed by atoms with Crippen LogP contribution in [0.5, 0.6) is 0 Å². The van der Waals surface area contributed by atoms with E-state index in [0.29, 0.717) is 0 Å². The van der Waals surface area contributed by atoms with Gasteiger partial charge in [-0.15, -0.1) is 0 Å². The number of ether oxygens (including phenoxy) is 1. The zero-order valence-electron chi connectivity index (χ0n) is 10.7. The molecule has 0 heterocycles. The zero-order valence-corrected chi connectivity index (χ0v) is 10.7. The summed E-state index contributed by atoms with van der Waals surface area (Å²) in [6.07, 6.45) is 4.25. The van der Waals surface area contributed by atoms with Gasteiger partial charge in [0.1, 0.15) is 0 Å². The summed E-state index contributed by atoms with van der Waals surface area (Å²) in [6.45, 7) is 13.8. The molecule has 0 radical (unpaired) electrons. The molecule has 0 aromatic rings. The first-order chi connectivity index (χ1) is 7.13. The number of hydrogen-bond donors (Lipinski definition) is 0. The predicted molar refractivity (Wildman–Crippen MR) is 66.9 cm³/mol. The zero-order chi connectivity index (χ0) is 11.7. The van der Waals surface area contributed by atoms with E-state index in [2.05, 4.69) is 25.3 Å². The lowest BCUT2D eigenvalue weighted by Gasteiger charge is -2.19. The number of methoxy groups -OCH3 is 1. The van der Waals surface area contributed by atoms with Crippen LogP contribution < -0.4 is 0 Å². The Hall–Kier alpha value is -0.760. The summed E-state index contributed by atoms with van der Waals surface area (Å²) < 4.78 is 5.09. The summed E-state index contributed by atoms with van der Waals surface area (Å²) in [7, 11) is 1.69. The van der Waals surface area contributed by atoms with Crippen molar-refractivity contribution in [1.29, 1.82) is 0 Å². The number of hydrogen-bond acceptors (Lipinski definition) is 2. The monoisotopic (exact) mass is 211 g/mol. The van der Waals surface area contributed by atoms with E-state index in [4.69, 9.17) is 4.74 Å². The van der Waals surface area contributed by atoms with Crippen molar-refractivity contribution in [2.24, 2.45) is 0 Å². The molecule has 0 unspecified atom stereocenters. The van der Waals surface area contributed by atoms with E-state index in [1.807, 2.05) is 13.0 Å². The van der Waals surface area contributed by atoms with E-state index < -0.39 is 0 Å². The van der Waals surface area contributed by atoms with Crippen LogP contribution in [0.25, 0.3) is 0 Å². The van der Waals surface area contributed by atoms with Crippen LogP contribution in [0, 0.1) is 0 Å². The number of rotatable bonds is 8. The second kappa shape index (κ2) is 8.54. The molecule has 0 bridgehead atoms. The molecule has 88 valence electrons. The standard InChI is InChI=1S/C13H25NO/c1-6-9-14(7-2)10-8-12(3)11-13(4)15-5/h11H,3,6-10H2,1-2,4-5H3. The number of allylic oxidation sites excluding steroid dienone is 2. The van der Waals surface area contributed by atoms with Crippen molar-refractivity contribution in [2.75, 3.05) is 26.7 Å². The molecule has 0 saturated heterocycles. The molecule has 0 rings (SSSR count). The smallest absolute Gasteiger partial charge is 0.0927 e. The Morgan fingerprint density at radius 1 is 1.33 bits per heavy atom. The fourth-order valence-electron chi connectivity index (χ4n) is 1.46. The van der Waals surface area contributed by atoms with Crippen molar-refractivity contribution < 1.29 is 4.74 Å². The largest absolute Gasteiger partial charge is 0.501 e. The molecule has 0 aliphatic heterocycles. The van der Waals surface area contributed by atoms with Crippen molar-refractivity contribution in [3.63, 3.8) is 0 Å². The third-order valence-electron chi connectivity index (χ3n) is 2.47. The maximum Gasteiger partial charge on any atom is 0.0927 e. The summed E-state index contributed by atoms with van der Waals surface area (Å²) in [5.74, 6) is 0.929. The maximum absolute atomic E-state index is 5.09. The normalized spacial score (nSPS) is 11.9. The van der Waals surface area contributed by atoms with E-state index >= 15 is 0 Å². The minimum absolute atomic E-state index is 0.929. The Morgan fingerprint density at radius 3 is 2.47 bits per heavy atom. The lowest BCUT2D eigenvalue weighted by atomic mass is 10.2.